The second-order valence-corrected chi connectivity index (χ2v) is 39.6. The maximum absolute atomic E-state index is 11.9. The second-order valence-electron chi connectivity index (χ2n) is 39.6. The summed E-state index contributed by atoms with van der Waals surface area (Å²) >= 11 is 0. The molecule has 0 rings (SSSR count). The number of aliphatic hydroxyl groups excluding tert-OH is 5. The van der Waals surface area contributed by atoms with E-state index < -0.39 is 0 Å². The predicted molar refractivity (Wildman–Crippen MR) is 576 cm³/mol. The minimum Gasteiger partial charge on any atom is -0.394 e. The average molecular weight is 1860 g/mol. The lowest BCUT2D eigenvalue weighted by Gasteiger charge is -2.22. The van der Waals surface area contributed by atoms with Gasteiger partial charge in [0.05, 0.1) is 63.2 Å². The number of amides is 5. The summed E-state index contributed by atoms with van der Waals surface area (Å²) < 4.78 is 0. The lowest BCUT2D eigenvalue weighted by atomic mass is 9.99. The summed E-state index contributed by atoms with van der Waals surface area (Å²) in [6.45, 7) is 31.9. The Kier molecular flexibility index (Phi) is 117. The third-order valence-electron chi connectivity index (χ3n) is 25.0. The van der Waals surface area contributed by atoms with Gasteiger partial charge in [0.1, 0.15) is 0 Å². The highest BCUT2D eigenvalue weighted by Gasteiger charge is 2.20. The van der Waals surface area contributed by atoms with Crippen molar-refractivity contribution in [2.24, 2.45) is 29.6 Å². The van der Waals surface area contributed by atoms with Crippen LogP contribution in [0.25, 0.3) is 0 Å². The molecule has 1 unspecified atom stereocenters. The van der Waals surface area contributed by atoms with Gasteiger partial charge in [0, 0.05) is 32.1 Å². The van der Waals surface area contributed by atoms with E-state index in [1.165, 1.54) is 302 Å². The molecular formula is C117H225N5O10. The molecule has 0 aromatic rings. The Morgan fingerprint density at radius 1 is 0.212 bits per heavy atom. The fourth-order valence-corrected chi connectivity index (χ4v) is 15.3. The Morgan fingerprint density at radius 2 is 0.386 bits per heavy atom. The highest BCUT2D eigenvalue weighted by Crippen LogP contribution is 2.19. The zero-order chi connectivity index (χ0) is 98.7. The Morgan fingerprint density at radius 3 is 0.576 bits per heavy atom. The van der Waals surface area contributed by atoms with Gasteiger partial charge in [-0.05, 0) is 209 Å². The van der Waals surface area contributed by atoms with Crippen molar-refractivity contribution >= 4 is 29.5 Å². The fourth-order valence-electron chi connectivity index (χ4n) is 15.3. The van der Waals surface area contributed by atoms with Gasteiger partial charge < -0.3 is 52.1 Å². The lowest BCUT2D eigenvalue weighted by Crippen LogP contribution is -2.41. The summed E-state index contributed by atoms with van der Waals surface area (Å²) in [6, 6.07) is -0.502. The number of carbonyl (C=O) groups is 5. The number of unbranched alkanes of at least 4 members (excludes halogenated alkanes) is 49. The molecule has 778 valence electrons. The molecule has 0 heterocycles. The van der Waals surface area contributed by atoms with Gasteiger partial charge in [0.2, 0.25) is 29.5 Å². The van der Waals surface area contributed by atoms with Gasteiger partial charge in [-0.15, -0.1) is 0 Å². The summed E-state index contributed by atoms with van der Waals surface area (Å²) in [7, 11) is 0. The topological polar surface area (TPSA) is 247 Å². The molecule has 0 aliphatic heterocycles. The summed E-state index contributed by atoms with van der Waals surface area (Å²) in [6.07, 6.45) is 113. The maximum Gasteiger partial charge on any atom is 0.220 e. The largest absolute Gasteiger partial charge is 0.394 e. The summed E-state index contributed by atoms with van der Waals surface area (Å²) in [5.41, 5.74) is 0. The van der Waals surface area contributed by atoms with Crippen molar-refractivity contribution < 1.29 is 49.5 Å². The van der Waals surface area contributed by atoms with Crippen LogP contribution in [0.4, 0.5) is 0 Å². The van der Waals surface area contributed by atoms with Crippen molar-refractivity contribution in [1.82, 2.24) is 26.6 Å². The molecule has 6 atom stereocenters. The van der Waals surface area contributed by atoms with Crippen molar-refractivity contribution in [2.75, 3.05) is 33.0 Å². The van der Waals surface area contributed by atoms with Crippen molar-refractivity contribution in [3.63, 3.8) is 0 Å². The number of carbonyl (C=O) groups excluding carboxylic acids is 5. The highest BCUT2D eigenvalue weighted by molar-refractivity contribution is 5.77. The number of hydrogen-bond donors (Lipinski definition) is 10. The molecule has 132 heavy (non-hydrogen) atoms. The number of hydrogen-bond acceptors (Lipinski definition) is 10. The van der Waals surface area contributed by atoms with Crippen LogP contribution in [-0.2, 0) is 24.0 Å². The molecule has 0 spiro atoms. The van der Waals surface area contributed by atoms with Crippen LogP contribution in [0.3, 0.4) is 0 Å². The molecule has 0 aliphatic carbocycles. The first kappa shape index (κ1) is 136. The van der Waals surface area contributed by atoms with Gasteiger partial charge in [-0.2, -0.15) is 0 Å². The minimum absolute atomic E-state index is 0.0194. The van der Waals surface area contributed by atoms with E-state index in [1.54, 1.807) is 0 Å². The van der Waals surface area contributed by atoms with Gasteiger partial charge >= 0.3 is 0 Å². The zero-order valence-electron chi connectivity index (χ0n) is 89.8. The third-order valence-corrected chi connectivity index (χ3v) is 25.0. The summed E-state index contributed by atoms with van der Waals surface area (Å²) in [4.78, 5) is 59.3. The van der Waals surface area contributed by atoms with E-state index in [2.05, 4.69) is 174 Å². The van der Waals surface area contributed by atoms with Crippen LogP contribution in [-0.4, -0.2) is 118 Å². The van der Waals surface area contributed by atoms with Crippen LogP contribution in [0, 0.1) is 29.6 Å². The first-order valence-corrected chi connectivity index (χ1v) is 56.1. The number of aliphatic hydroxyl groups is 5. The molecule has 10 N–H and O–H groups in total. The van der Waals surface area contributed by atoms with Gasteiger partial charge in [-0.1, -0.05) is 414 Å². The van der Waals surface area contributed by atoms with Crippen LogP contribution in [0.2, 0.25) is 0 Å². The Balaban J connectivity index is -0.000000509. The zero-order valence-corrected chi connectivity index (χ0v) is 89.8. The first-order valence-electron chi connectivity index (χ1n) is 56.1. The summed E-state index contributed by atoms with van der Waals surface area (Å²) in [5, 5.41) is 61.0. The molecule has 0 radical (unpaired) electrons. The number of rotatable bonds is 90. The van der Waals surface area contributed by atoms with E-state index in [1.807, 2.05) is 41.5 Å². The maximum atomic E-state index is 11.9. The summed E-state index contributed by atoms with van der Waals surface area (Å²) in [5.74, 6) is 2.04. The predicted octanol–water partition coefficient (Wildman–Crippen LogP) is 31.1. The van der Waals surface area contributed by atoms with E-state index in [0.29, 0.717) is 43.9 Å². The van der Waals surface area contributed by atoms with Crippen LogP contribution >= 0.6 is 0 Å². The van der Waals surface area contributed by atoms with Gasteiger partial charge in [0.25, 0.3) is 0 Å². The average Bonchev–Trinajstić information content (AvgIpc) is 0.944. The van der Waals surface area contributed by atoms with E-state index in [0.717, 1.165) is 103 Å². The monoisotopic (exact) mass is 1860 g/mol. The Bertz CT molecular complexity index is 2530. The Hall–Kier alpha value is -4.67. The van der Waals surface area contributed by atoms with Gasteiger partial charge in [-0.25, -0.2) is 0 Å². The molecule has 0 aromatic heterocycles. The van der Waals surface area contributed by atoms with Gasteiger partial charge in [0.15, 0.2) is 0 Å². The van der Waals surface area contributed by atoms with E-state index in [9.17, 15) is 49.5 Å². The minimum atomic E-state index is -0.111. The molecule has 0 fully saturated rings. The van der Waals surface area contributed by atoms with Crippen LogP contribution in [0.15, 0.2) is 85.1 Å². The highest BCUT2D eigenvalue weighted by atomic mass is 16.3. The second kappa shape index (κ2) is 113. The third kappa shape index (κ3) is 111. The van der Waals surface area contributed by atoms with E-state index in [-0.39, 0.29) is 111 Å². The van der Waals surface area contributed by atoms with Crippen LogP contribution < -0.4 is 26.6 Å². The van der Waals surface area contributed by atoms with Crippen LogP contribution in [0.1, 0.15) is 540 Å². The molecule has 0 saturated carbocycles. The van der Waals surface area contributed by atoms with Crippen LogP contribution in [0.5, 0.6) is 0 Å². The molecule has 0 aromatic carbocycles. The fraction of sp³-hybridized carbons (Fsp3) is 0.838. The van der Waals surface area contributed by atoms with E-state index >= 15 is 0 Å². The molecule has 15 heteroatoms. The van der Waals surface area contributed by atoms with Crippen molar-refractivity contribution in [2.45, 2.75) is 571 Å². The number of nitrogens with one attached hydrogen (secondary N) is 5. The molecule has 15 nitrogen and oxygen atoms in total. The van der Waals surface area contributed by atoms with E-state index in [4.69, 9.17) is 0 Å². The standard InChI is InChI=1S/C24H47NO2.C24H45NO2.2C23H45NO2.C23H43NO2/c1-4-5-6-7-8-9-10-11-12-13-14-15-16-17-18-19-24(27)25-23(21-26)20-22(2)3;1-4-6-7-8-9-10-11-12-13-14-15-16-17-18-19-20-24(27)25-23(21-26)22(3)5-2;3*1-4-5-6-7-8-9-10-11-12-13-14-15-16-17-18-19-23(26)24-22(20-25)21(2)3/h11-12,22-23,26H,4-10,13-21H2,1-3H3,(H,25,27);9-10,12-13,22-23,26H,4-8,11,14-21H2,1-3H3,(H,25,27);2*11-12,21-22,25H,4-10,13-20H2,1-3H3,(H,24,26);8-9,11-12,21-22,25H,4-7,10,13-20H2,1-3H3,(H,24,26)/b12-11-;10-9-,13-12-;2*12-11-;9-8-,12-11-/t23-;22-,23+;22-;;22-/m101.1/s1. The molecule has 0 aliphatic rings. The molecular weight excluding hydrogens is 1640 g/mol. The Labute approximate surface area is 819 Å². The molecule has 5 amide bonds. The van der Waals surface area contributed by atoms with Crippen molar-refractivity contribution in [3.05, 3.63) is 85.1 Å². The van der Waals surface area contributed by atoms with Crippen molar-refractivity contribution in [1.29, 1.82) is 0 Å². The SMILES string of the molecule is CCCCC/C=C\C/C=C\CCCCCCCC(=O)N[C@H](CO)C(C)C.CCCCC/C=C\C/C=C\CCCCCCCC(=O)N[C@H](CO)[C@@H](C)CC.CCCCCCCC/C=C\CCCCCCCC(=O)NC(CO)C(C)C.CCCCCCCC/C=C\CCCCCCCC(=O)N[C@@H](CO)CC(C)C.CCCCCCCC/C=C\CCCCCCCC(=O)N[C@H](CO)C(C)C. The molecule has 0 saturated heterocycles. The lowest BCUT2D eigenvalue weighted by molar-refractivity contribution is -0.123. The quantitative estimate of drug-likeness (QED) is 0.0204. The smallest absolute Gasteiger partial charge is 0.220 e. The molecule has 0 bridgehead atoms. The van der Waals surface area contributed by atoms with Gasteiger partial charge in [-0.3, -0.25) is 24.0 Å². The number of allylic oxidation sites excluding steroid dienone is 14. The normalized spacial score (nSPS) is 13.1. The first-order chi connectivity index (χ1) is 64.1. The van der Waals surface area contributed by atoms with Crippen molar-refractivity contribution in [3.8, 4) is 0 Å².